The van der Waals surface area contributed by atoms with Crippen LogP contribution in [0.25, 0.3) is 0 Å². The van der Waals surface area contributed by atoms with Crippen molar-refractivity contribution >= 4 is 18.3 Å². The largest absolute Gasteiger partial charge is 0.393 e. The molecule has 0 bridgehead atoms. The van der Waals surface area contributed by atoms with Crippen LogP contribution in [-0.4, -0.2) is 29.7 Å². The van der Waals surface area contributed by atoms with Crippen LogP contribution in [0.1, 0.15) is 40.5 Å². The zero-order chi connectivity index (χ0) is 12.1. The van der Waals surface area contributed by atoms with E-state index in [1.165, 1.54) is 0 Å². The van der Waals surface area contributed by atoms with Crippen LogP contribution in [0.15, 0.2) is 0 Å². The molecule has 0 rings (SSSR count). The van der Waals surface area contributed by atoms with Crippen molar-refractivity contribution in [2.75, 3.05) is 6.54 Å². The molecule has 5 heteroatoms. The van der Waals surface area contributed by atoms with Gasteiger partial charge in [-0.1, -0.05) is 27.7 Å². The Bertz CT molecular complexity index is 205. The second-order valence-electron chi connectivity index (χ2n) is 4.99. The summed E-state index contributed by atoms with van der Waals surface area (Å²) in [6, 6.07) is -0.503. The number of aliphatic hydroxyl groups is 1. The van der Waals surface area contributed by atoms with Gasteiger partial charge in [0.25, 0.3) is 0 Å². The van der Waals surface area contributed by atoms with Crippen LogP contribution < -0.4 is 11.1 Å². The summed E-state index contributed by atoms with van der Waals surface area (Å²) in [6.07, 6.45) is 0.955. The molecular weight excluding hydrogens is 228 g/mol. The van der Waals surface area contributed by atoms with Crippen molar-refractivity contribution in [1.29, 1.82) is 0 Å². The maximum absolute atomic E-state index is 11.5. The molecule has 0 aromatic heterocycles. The smallest absolute Gasteiger partial charge is 0.237 e. The quantitative estimate of drug-likeness (QED) is 0.685. The molecule has 0 heterocycles. The van der Waals surface area contributed by atoms with Gasteiger partial charge in [-0.2, -0.15) is 0 Å². The summed E-state index contributed by atoms with van der Waals surface area (Å²) in [5.74, 6) is -0.147. The zero-order valence-electron chi connectivity index (χ0n) is 10.6. The third-order valence-corrected chi connectivity index (χ3v) is 2.46. The second kappa shape index (κ2) is 7.87. The number of nitrogens with two attached hydrogens (primary N) is 1. The maximum Gasteiger partial charge on any atom is 0.237 e. The molecule has 0 aromatic rings. The van der Waals surface area contributed by atoms with Gasteiger partial charge in [-0.05, 0) is 18.3 Å². The van der Waals surface area contributed by atoms with Gasteiger partial charge in [-0.25, -0.2) is 0 Å². The number of halogens is 1. The fourth-order valence-corrected chi connectivity index (χ4v) is 1.07. The standard InChI is InChI=1S/C11H24N2O2.ClH/c1-5-8(14)6-7-13-10(15)9(12)11(2,3)4;/h8-9,14H,5-7,12H2,1-4H3,(H,13,15);1H/t8?,9-;/m1./s1. The summed E-state index contributed by atoms with van der Waals surface area (Å²) in [7, 11) is 0. The summed E-state index contributed by atoms with van der Waals surface area (Å²) in [4.78, 5) is 11.5. The van der Waals surface area contributed by atoms with E-state index >= 15 is 0 Å². The topological polar surface area (TPSA) is 75.3 Å². The highest BCUT2D eigenvalue weighted by Gasteiger charge is 2.26. The molecule has 0 saturated carbocycles. The number of carbonyl (C=O) groups is 1. The highest BCUT2D eigenvalue weighted by molar-refractivity contribution is 5.85. The van der Waals surface area contributed by atoms with Gasteiger partial charge in [-0.3, -0.25) is 4.79 Å². The Labute approximate surface area is 104 Å². The van der Waals surface area contributed by atoms with Crippen LogP contribution >= 0.6 is 12.4 Å². The molecule has 0 aliphatic carbocycles. The molecule has 98 valence electrons. The molecular formula is C11H25ClN2O2. The number of carbonyl (C=O) groups excluding carboxylic acids is 1. The van der Waals surface area contributed by atoms with Crippen LogP contribution in [0.4, 0.5) is 0 Å². The molecule has 4 N–H and O–H groups in total. The van der Waals surface area contributed by atoms with Crippen LogP contribution in [0, 0.1) is 5.41 Å². The van der Waals surface area contributed by atoms with Crippen LogP contribution in [0.5, 0.6) is 0 Å². The van der Waals surface area contributed by atoms with E-state index in [2.05, 4.69) is 5.32 Å². The van der Waals surface area contributed by atoms with Gasteiger partial charge < -0.3 is 16.2 Å². The van der Waals surface area contributed by atoms with Gasteiger partial charge in [0, 0.05) is 6.54 Å². The predicted octanol–water partition coefficient (Wildman–Crippen LogP) is 1.06. The normalized spacial score (nSPS) is 14.9. The molecule has 16 heavy (non-hydrogen) atoms. The summed E-state index contributed by atoms with van der Waals surface area (Å²) < 4.78 is 0. The van der Waals surface area contributed by atoms with E-state index in [4.69, 9.17) is 5.73 Å². The lowest BCUT2D eigenvalue weighted by molar-refractivity contribution is -0.124. The van der Waals surface area contributed by atoms with Crippen molar-refractivity contribution < 1.29 is 9.90 Å². The van der Waals surface area contributed by atoms with Gasteiger partial charge in [0.05, 0.1) is 12.1 Å². The Morgan fingerprint density at radius 1 is 1.44 bits per heavy atom. The van der Waals surface area contributed by atoms with Crippen molar-refractivity contribution in [3.8, 4) is 0 Å². The minimum absolute atomic E-state index is 0. The first kappa shape index (κ1) is 18.1. The molecule has 0 aliphatic heterocycles. The predicted molar refractivity (Wildman–Crippen MR) is 68.6 cm³/mol. The third-order valence-electron chi connectivity index (χ3n) is 2.46. The monoisotopic (exact) mass is 252 g/mol. The number of rotatable bonds is 5. The van der Waals surface area contributed by atoms with Gasteiger partial charge in [0.2, 0.25) is 5.91 Å². The van der Waals surface area contributed by atoms with Crippen molar-refractivity contribution in [3.05, 3.63) is 0 Å². The maximum atomic E-state index is 11.5. The second-order valence-corrected chi connectivity index (χ2v) is 4.99. The van der Waals surface area contributed by atoms with E-state index in [1.54, 1.807) is 0 Å². The first-order valence-corrected chi connectivity index (χ1v) is 5.50. The van der Waals surface area contributed by atoms with E-state index in [1.807, 2.05) is 27.7 Å². The van der Waals surface area contributed by atoms with E-state index in [0.29, 0.717) is 19.4 Å². The fourth-order valence-electron chi connectivity index (χ4n) is 1.07. The SMILES string of the molecule is CCC(O)CCNC(=O)[C@@H](N)C(C)(C)C.Cl. The molecule has 1 amide bonds. The summed E-state index contributed by atoms with van der Waals surface area (Å²) >= 11 is 0. The molecule has 0 aliphatic rings. The average Bonchev–Trinajstić information content (AvgIpc) is 2.14. The van der Waals surface area contributed by atoms with Crippen molar-refractivity contribution in [2.45, 2.75) is 52.7 Å². The highest BCUT2D eigenvalue weighted by Crippen LogP contribution is 2.17. The first-order chi connectivity index (χ1) is 6.79. The van der Waals surface area contributed by atoms with Crippen molar-refractivity contribution in [3.63, 3.8) is 0 Å². The van der Waals surface area contributed by atoms with Gasteiger partial charge in [-0.15, -0.1) is 12.4 Å². The Balaban J connectivity index is 0. The molecule has 1 unspecified atom stereocenters. The Morgan fingerprint density at radius 3 is 2.31 bits per heavy atom. The van der Waals surface area contributed by atoms with Gasteiger partial charge in [0.15, 0.2) is 0 Å². The Morgan fingerprint density at radius 2 is 1.94 bits per heavy atom. The van der Waals surface area contributed by atoms with Crippen molar-refractivity contribution in [1.82, 2.24) is 5.32 Å². The fraction of sp³-hybridized carbons (Fsp3) is 0.909. The molecule has 4 nitrogen and oxygen atoms in total. The lowest BCUT2D eigenvalue weighted by Gasteiger charge is -2.25. The molecule has 0 saturated heterocycles. The third kappa shape index (κ3) is 7.04. The summed E-state index contributed by atoms with van der Waals surface area (Å²) in [5.41, 5.74) is 5.54. The summed E-state index contributed by atoms with van der Waals surface area (Å²) in [6.45, 7) is 8.18. The van der Waals surface area contributed by atoms with Crippen LogP contribution in [0.2, 0.25) is 0 Å². The Hall–Kier alpha value is -0.320. The number of amides is 1. The number of nitrogens with one attached hydrogen (secondary N) is 1. The molecule has 0 fully saturated rings. The van der Waals surface area contributed by atoms with E-state index < -0.39 is 6.04 Å². The van der Waals surface area contributed by atoms with Gasteiger partial charge >= 0.3 is 0 Å². The minimum Gasteiger partial charge on any atom is -0.393 e. The van der Waals surface area contributed by atoms with Crippen LogP contribution in [0.3, 0.4) is 0 Å². The molecule has 2 atom stereocenters. The minimum atomic E-state index is -0.503. The molecule has 0 aromatic carbocycles. The molecule has 0 spiro atoms. The Kier molecular flexibility index (Phi) is 8.88. The number of aliphatic hydroxyl groups excluding tert-OH is 1. The van der Waals surface area contributed by atoms with Crippen molar-refractivity contribution in [2.24, 2.45) is 11.1 Å². The van der Waals surface area contributed by atoms with E-state index in [-0.39, 0.29) is 29.8 Å². The summed E-state index contributed by atoms with van der Waals surface area (Å²) in [5, 5.41) is 12.0. The number of hydrogen-bond donors (Lipinski definition) is 3. The molecule has 0 radical (unpaired) electrons. The highest BCUT2D eigenvalue weighted by atomic mass is 35.5. The number of hydrogen-bond acceptors (Lipinski definition) is 3. The zero-order valence-corrected chi connectivity index (χ0v) is 11.4. The van der Waals surface area contributed by atoms with Gasteiger partial charge in [0.1, 0.15) is 0 Å². The average molecular weight is 253 g/mol. The van der Waals surface area contributed by atoms with Crippen LogP contribution in [-0.2, 0) is 4.79 Å². The van der Waals surface area contributed by atoms with E-state index in [9.17, 15) is 9.90 Å². The van der Waals surface area contributed by atoms with E-state index in [0.717, 1.165) is 0 Å². The lowest BCUT2D eigenvalue weighted by atomic mass is 9.87. The first-order valence-electron chi connectivity index (χ1n) is 5.50. The lowest BCUT2D eigenvalue weighted by Crippen LogP contribution is -2.49.